The summed E-state index contributed by atoms with van der Waals surface area (Å²) in [7, 11) is 0. The maximum atomic E-state index is 5.99. The van der Waals surface area contributed by atoms with Crippen LogP contribution in [0.5, 0.6) is 17.4 Å². The van der Waals surface area contributed by atoms with E-state index in [1.165, 1.54) is 0 Å². The molecule has 0 atom stereocenters. The summed E-state index contributed by atoms with van der Waals surface area (Å²) in [5.41, 5.74) is 0. The summed E-state index contributed by atoms with van der Waals surface area (Å²) in [6.45, 7) is 6.56. The van der Waals surface area contributed by atoms with Crippen molar-refractivity contribution in [2.45, 2.75) is 26.7 Å². The zero-order chi connectivity index (χ0) is 14.5. The van der Waals surface area contributed by atoms with Crippen molar-refractivity contribution >= 4 is 11.6 Å². The highest BCUT2D eigenvalue weighted by molar-refractivity contribution is 6.29. The van der Waals surface area contributed by atoms with Gasteiger partial charge in [-0.2, -0.15) is 4.98 Å². The van der Waals surface area contributed by atoms with E-state index in [-0.39, 0.29) is 5.92 Å². The Balaban J connectivity index is 2.23. The lowest BCUT2D eigenvalue weighted by atomic mass is 10.2. The van der Waals surface area contributed by atoms with Crippen LogP contribution in [0.15, 0.2) is 30.3 Å². The van der Waals surface area contributed by atoms with Gasteiger partial charge in [-0.25, -0.2) is 4.98 Å². The van der Waals surface area contributed by atoms with Crippen molar-refractivity contribution in [1.82, 2.24) is 9.97 Å². The highest BCUT2D eigenvalue weighted by Crippen LogP contribution is 2.26. The SMILES string of the molecule is CCOc1cccc(Oc2cc(Cl)nc(C(C)C)n2)c1. The van der Waals surface area contributed by atoms with E-state index >= 15 is 0 Å². The number of hydrogen-bond donors (Lipinski definition) is 0. The Bertz CT molecular complexity index is 588. The summed E-state index contributed by atoms with van der Waals surface area (Å²) < 4.78 is 11.2. The average Bonchev–Trinajstić information content (AvgIpc) is 2.38. The van der Waals surface area contributed by atoms with Gasteiger partial charge in [0.2, 0.25) is 5.88 Å². The van der Waals surface area contributed by atoms with E-state index in [0.29, 0.717) is 29.2 Å². The van der Waals surface area contributed by atoms with E-state index in [4.69, 9.17) is 21.1 Å². The molecule has 5 heteroatoms. The van der Waals surface area contributed by atoms with E-state index in [1.54, 1.807) is 6.07 Å². The monoisotopic (exact) mass is 292 g/mol. The van der Waals surface area contributed by atoms with Gasteiger partial charge in [0.1, 0.15) is 22.5 Å². The molecule has 0 bridgehead atoms. The van der Waals surface area contributed by atoms with Crippen LogP contribution in [-0.4, -0.2) is 16.6 Å². The molecule has 2 rings (SSSR count). The molecule has 0 N–H and O–H groups in total. The Morgan fingerprint density at radius 2 is 1.90 bits per heavy atom. The molecule has 1 aromatic heterocycles. The summed E-state index contributed by atoms with van der Waals surface area (Å²) in [6.07, 6.45) is 0. The minimum atomic E-state index is 0.186. The second kappa shape index (κ2) is 6.57. The number of aromatic nitrogens is 2. The lowest BCUT2D eigenvalue weighted by Gasteiger charge is -2.10. The van der Waals surface area contributed by atoms with Gasteiger partial charge in [0, 0.05) is 18.1 Å². The topological polar surface area (TPSA) is 44.2 Å². The van der Waals surface area contributed by atoms with Gasteiger partial charge in [-0.3, -0.25) is 0 Å². The van der Waals surface area contributed by atoms with Gasteiger partial charge >= 0.3 is 0 Å². The fraction of sp³-hybridized carbons (Fsp3) is 0.333. The smallest absolute Gasteiger partial charge is 0.224 e. The summed E-state index contributed by atoms with van der Waals surface area (Å²) in [4.78, 5) is 8.52. The third-order valence-corrected chi connectivity index (χ3v) is 2.74. The van der Waals surface area contributed by atoms with Gasteiger partial charge in [-0.15, -0.1) is 0 Å². The molecule has 0 unspecified atom stereocenters. The molecule has 0 saturated carbocycles. The van der Waals surface area contributed by atoms with E-state index in [2.05, 4.69) is 9.97 Å². The number of rotatable bonds is 5. The predicted octanol–water partition coefficient (Wildman–Crippen LogP) is 4.44. The van der Waals surface area contributed by atoms with E-state index in [0.717, 1.165) is 5.75 Å². The molecule has 0 saturated heterocycles. The Morgan fingerprint density at radius 3 is 2.60 bits per heavy atom. The van der Waals surface area contributed by atoms with Crippen molar-refractivity contribution < 1.29 is 9.47 Å². The molecule has 0 radical (unpaired) electrons. The van der Waals surface area contributed by atoms with Crippen LogP contribution in [0.1, 0.15) is 32.5 Å². The maximum absolute atomic E-state index is 5.99. The molecule has 0 amide bonds. The second-order valence-corrected chi connectivity index (χ2v) is 4.94. The molecule has 106 valence electrons. The highest BCUT2D eigenvalue weighted by Gasteiger charge is 2.09. The van der Waals surface area contributed by atoms with Crippen molar-refractivity contribution in [3.8, 4) is 17.4 Å². The summed E-state index contributed by atoms with van der Waals surface area (Å²) in [5, 5.41) is 0.375. The van der Waals surface area contributed by atoms with E-state index in [1.807, 2.05) is 45.0 Å². The lowest BCUT2D eigenvalue weighted by molar-refractivity contribution is 0.338. The number of hydrogen-bond acceptors (Lipinski definition) is 4. The first-order chi connectivity index (χ1) is 9.58. The van der Waals surface area contributed by atoms with Gasteiger partial charge in [-0.05, 0) is 19.1 Å². The van der Waals surface area contributed by atoms with Crippen LogP contribution in [0.4, 0.5) is 0 Å². The van der Waals surface area contributed by atoms with Crippen molar-refractivity contribution in [2.24, 2.45) is 0 Å². The Labute approximate surface area is 123 Å². The molecular formula is C15H17ClN2O2. The molecular weight excluding hydrogens is 276 g/mol. The second-order valence-electron chi connectivity index (χ2n) is 4.55. The number of nitrogens with zero attached hydrogens (tertiary/aromatic N) is 2. The van der Waals surface area contributed by atoms with E-state index < -0.39 is 0 Å². The van der Waals surface area contributed by atoms with Crippen LogP contribution in [0.2, 0.25) is 5.15 Å². The molecule has 0 aliphatic carbocycles. The first kappa shape index (κ1) is 14.6. The Morgan fingerprint density at radius 1 is 1.15 bits per heavy atom. The fourth-order valence-corrected chi connectivity index (χ4v) is 1.82. The largest absolute Gasteiger partial charge is 0.494 e. The number of ether oxygens (including phenoxy) is 2. The van der Waals surface area contributed by atoms with Gasteiger partial charge in [0.25, 0.3) is 0 Å². The Hall–Kier alpha value is -1.81. The van der Waals surface area contributed by atoms with Gasteiger partial charge in [0.05, 0.1) is 6.61 Å². The average molecular weight is 293 g/mol. The van der Waals surface area contributed by atoms with Crippen molar-refractivity contribution in [2.75, 3.05) is 6.61 Å². The summed E-state index contributed by atoms with van der Waals surface area (Å²) >= 11 is 5.99. The minimum absolute atomic E-state index is 0.186. The van der Waals surface area contributed by atoms with Crippen molar-refractivity contribution in [3.63, 3.8) is 0 Å². The summed E-state index contributed by atoms with van der Waals surface area (Å²) in [6, 6.07) is 9.00. The molecule has 20 heavy (non-hydrogen) atoms. The molecule has 0 fully saturated rings. The van der Waals surface area contributed by atoms with Gasteiger partial charge in [-0.1, -0.05) is 31.5 Å². The standard InChI is InChI=1S/C15H17ClN2O2/c1-4-19-11-6-5-7-12(8-11)20-14-9-13(16)17-15(18-14)10(2)3/h5-10H,4H2,1-3H3. The Kier molecular flexibility index (Phi) is 4.79. The molecule has 4 nitrogen and oxygen atoms in total. The third-order valence-electron chi connectivity index (χ3n) is 2.54. The normalized spacial score (nSPS) is 10.7. The first-order valence-electron chi connectivity index (χ1n) is 6.53. The predicted molar refractivity (Wildman–Crippen MR) is 78.8 cm³/mol. The third kappa shape index (κ3) is 3.84. The lowest BCUT2D eigenvalue weighted by Crippen LogP contribution is -2.00. The molecule has 1 heterocycles. The van der Waals surface area contributed by atoms with Crippen molar-refractivity contribution in [1.29, 1.82) is 0 Å². The zero-order valence-corrected chi connectivity index (χ0v) is 12.5. The van der Waals surface area contributed by atoms with Gasteiger partial charge < -0.3 is 9.47 Å². The van der Waals surface area contributed by atoms with Crippen LogP contribution in [0, 0.1) is 0 Å². The quantitative estimate of drug-likeness (QED) is 0.764. The summed E-state index contributed by atoms with van der Waals surface area (Å²) in [5.74, 6) is 2.69. The van der Waals surface area contributed by atoms with Crippen molar-refractivity contribution in [3.05, 3.63) is 41.3 Å². The van der Waals surface area contributed by atoms with Crippen LogP contribution in [0.3, 0.4) is 0 Å². The van der Waals surface area contributed by atoms with Crippen LogP contribution < -0.4 is 9.47 Å². The first-order valence-corrected chi connectivity index (χ1v) is 6.91. The molecule has 1 aromatic carbocycles. The highest BCUT2D eigenvalue weighted by atomic mass is 35.5. The zero-order valence-electron chi connectivity index (χ0n) is 11.8. The van der Waals surface area contributed by atoms with Crippen LogP contribution in [-0.2, 0) is 0 Å². The van der Waals surface area contributed by atoms with Crippen LogP contribution >= 0.6 is 11.6 Å². The maximum Gasteiger partial charge on any atom is 0.224 e. The molecule has 0 aliphatic heterocycles. The van der Waals surface area contributed by atoms with Crippen LogP contribution in [0.25, 0.3) is 0 Å². The number of benzene rings is 1. The number of halogens is 1. The molecule has 2 aromatic rings. The fourth-order valence-electron chi connectivity index (χ4n) is 1.64. The minimum Gasteiger partial charge on any atom is -0.494 e. The molecule has 0 aliphatic rings. The molecule has 0 spiro atoms. The van der Waals surface area contributed by atoms with E-state index in [9.17, 15) is 0 Å². The van der Waals surface area contributed by atoms with Gasteiger partial charge in [0.15, 0.2) is 0 Å².